The van der Waals surface area contributed by atoms with Crippen LogP contribution in [-0.4, -0.2) is 29.8 Å². The van der Waals surface area contributed by atoms with Crippen molar-refractivity contribution in [3.8, 4) is 0 Å². The van der Waals surface area contributed by atoms with Gasteiger partial charge >= 0.3 is 30.9 Å². The van der Waals surface area contributed by atoms with Gasteiger partial charge in [-0.3, -0.25) is 0 Å². The molecule has 1 rings (SSSR count). The molecule has 1 aliphatic heterocycles. The van der Waals surface area contributed by atoms with Crippen molar-refractivity contribution in [2.45, 2.75) is 6.04 Å². The summed E-state index contributed by atoms with van der Waals surface area (Å²) in [4.78, 5) is 20.2. The Hall–Kier alpha value is -0.663. The number of carbonyl (C=O) groups is 2. The molecule has 1 amide bonds. The van der Waals surface area contributed by atoms with E-state index in [4.69, 9.17) is 5.11 Å². The van der Waals surface area contributed by atoms with Crippen LogP contribution in [0.5, 0.6) is 0 Å². The summed E-state index contributed by atoms with van der Waals surface area (Å²) in [5, 5.41) is 10.3. The first-order chi connectivity index (χ1) is 4.20. The van der Waals surface area contributed by atoms with Gasteiger partial charge in [0.2, 0.25) is 0 Å². The summed E-state index contributed by atoms with van der Waals surface area (Å²) >= 11 is 0. The van der Waals surface area contributed by atoms with E-state index < -0.39 is 18.1 Å². The van der Waals surface area contributed by atoms with Gasteiger partial charge in [-0.05, 0) is 0 Å². The average Bonchev–Trinajstić information content (AvgIpc) is 2.14. The largest absolute Gasteiger partial charge is 1.00 e. The van der Waals surface area contributed by atoms with Crippen LogP contribution in [0.4, 0.5) is 4.79 Å². The van der Waals surface area contributed by atoms with E-state index in [0.717, 1.165) is 0 Å². The van der Waals surface area contributed by atoms with Crippen LogP contribution in [0.25, 0.3) is 0 Å². The van der Waals surface area contributed by atoms with Gasteiger partial charge < -0.3 is 16.6 Å². The number of rotatable bonds is 1. The fourth-order valence-electron chi connectivity index (χ4n) is 0.518. The van der Waals surface area contributed by atoms with Gasteiger partial charge in [-0.2, -0.15) is 0 Å². The number of carbonyl (C=O) groups excluding carboxylic acids is 1. The second kappa shape index (κ2) is 3.49. The smallest absolute Gasteiger partial charge is 1.00 e. The number of nitrogens with one attached hydrogen (secondary N) is 1. The summed E-state index contributed by atoms with van der Waals surface area (Å²) in [6, 6.07) is -0.863. The molecule has 6 heteroatoms. The van der Waals surface area contributed by atoms with Crippen molar-refractivity contribution in [2.24, 2.45) is 0 Å². The van der Waals surface area contributed by atoms with Crippen LogP contribution in [0.3, 0.4) is 0 Å². The molecule has 52 valence electrons. The minimum atomic E-state index is -1.07. The monoisotopic (exact) mass is 139 g/mol. The van der Waals surface area contributed by atoms with E-state index >= 15 is 0 Å². The molecule has 0 aromatic carbocycles. The van der Waals surface area contributed by atoms with E-state index in [9.17, 15) is 9.59 Å². The maximum absolute atomic E-state index is 10.2. The Kier molecular flexibility index (Phi) is 3.26. The number of ether oxygens (including phenoxy) is 1. The zero-order valence-electron chi connectivity index (χ0n) is 6.46. The molecular formula is C4H6LiNO4. The number of aliphatic carboxylic acids is 1. The Bertz CT molecular complexity index is 164. The van der Waals surface area contributed by atoms with Crippen molar-refractivity contribution in [2.75, 3.05) is 6.61 Å². The SMILES string of the molecule is O=C1NC(C(=O)O)CO1.[H-].[Li+]. The maximum atomic E-state index is 10.2. The third-order valence-electron chi connectivity index (χ3n) is 0.971. The van der Waals surface area contributed by atoms with Crippen molar-refractivity contribution >= 4 is 12.1 Å². The molecule has 10 heavy (non-hydrogen) atoms. The van der Waals surface area contributed by atoms with Gasteiger partial charge in [-0.1, -0.05) is 0 Å². The molecule has 1 unspecified atom stereocenters. The molecule has 0 radical (unpaired) electrons. The zero-order valence-corrected chi connectivity index (χ0v) is 5.46. The number of hydrogen-bond acceptors (Lipinski definition) is 3. The normalized spacial score (nSPS) is 22.4. The van der Waals surface area contributed by atoms with Crippen molar-refractivity contribution in [1.82, 2.24) is 5.32 Å². The quantitative estimate of drug-likeness (QED) is 0.366. The maximum Gasteiger partial charge on any atom is 1.00 e. The molecule has 1 saturated heterocycles. The Balaban J connectivity index is 0. The van der Waals surface area contributed by atoms with E-state index in [2.05, 4.69) is 10.1 Å². The predicted molar refractivity (Wildman–Crippen MR) is 27.0 cm³/mol. The molecule has 1 fully saturated rings. The summed E-state index contributed by atoms with van der Waals surface area (Å²) in [6.45, 7) is -0.0752. The second-order valence-electron chi connectivity index (χ2n) is 1.63. The molecule has 0 aliphatic carbocycles. The molecule has 0 bridgehead atoms. The Morgan fingerprint density at radius 3 is 2.70 bits per heavy atom. The van der Waals surface area contributed by atoms with E-state index in [-0.39, 0.29) is 26.9 Å². The molecule has 5 nitrogen and oxygen atoms in total. The molecule has 1 heterocycles. The van der Waals surface area contributed by atoms with E-state index in [1.54, 1.807) is 0 Å². The van der Waals surface area contributed by atoms with Crippen molar-refractivity contribution in [3.05, 3.63) is 0 Å². The van der Waals surface area contributed by atoms with Crippen LogP contribution in [0, 0.1) is 0 Å². The van der Waals surface area contributed by atoms with Crippen LogP contribution in [0.2, 0.25) is 0 Å². The Morgan fingerprint density at radius 2 is 2.50 bits per heavy atom. The van der Waals surface area contributed by atoms with Gasteiger partial charge in [0, 0.05) is 0 Å². The molecule has 0 aromatic rings. The summed E-state index contributed by atoms with van der Waals surface area (Å²) in [7, 11) is 0. The van der Waals surface area contributed by atoms with Crippen LogP contribution in [0.15, 0.2) is 0 Å². The summed E-state index contributed by atoms with van der Waals surface area (Å²) in [5.74, 6) is -1.07. The van der Waals surface area contributed by atoms with Crippen molar-refractivity contribution in [3.63, 3.8) is 0 Å². The number of cyclic esters (lactones) is 1. The molecule has 0 aromatic heterocycles. The van der Waals surface area contributed by atoms with Crippen LogP contribution in [0.1, 0.15) is 1.43 Å². The first kappa shape index (κ1) is 9.34. The third kappa shape index (κ3) is 1.94. The molecule has 0 saturated carbocycles. The summed E-state index contributed by atoms with van der Waals surface area (Å²) in [5.41, 5.74) is 0. The first-order valence-electron chi connectivity index (χ1n) is 2.36. The fraction of sp³-hybridized carbons (Fsp3) is 0.500. The van der Waals surface area contributed by atoms with Crippen LogP contribution < -0.4 is 24.2 Å². The number of carboxylic acid groups (broad SMARTS) is 1. The number of amides is 1. The van der Waals surface area contributed by atoms with Crippen LogP contribution in [-0.2, 0) is 9.53 Å². The molecule has 1 aliphatic rings. The van der Waals surface area contributed by atoms with Gasteiger partial charge in [0.15, 0.2) is 6.04 Å². The zero-order chi connectivity index (χ0) is 6.85. The predicted octanol–water partition coefficient (Wildman–Crippen LogP) is -3.70. The minimum Gasteiger partial charge on any atom is -1.00 e. The number of hydrogen-bond donors (Lipinski definition) is 2. The van der Waals surface area contributed by atoms with Crippen LogP contribution >= 0.6 is 0 Å². The molecule has 0 spiro atoms. The molecular weight excluding hydrogens is 133 g/mol. The molecule has 2 N–H and O–H groups in total. The summed E-state index contributed by atoms with van der Waals surface area (Å²) in [6.07, 6.45) is -0.664. The van der Waals surface area contributed by atoms with Crippen molar-refractivity contribution in [1.29, 1.82) is 0 Å². The van der Waals surface area contributed by atoms with E-state index in [1.165, 1.54) is 0 Å². The van der Waals surface area contributed by atoms with Gasteiger partial charge in [0.1, 0.15) is 6.61 Å². The summed E-state index contributed by atoms with van der Waals surface area (Å²) < 4.78 is 4.30. The number of alkyl carbamates (subject to hydrolysis) is 1. The first-order valence-corrected chi connectivity index (χ1v) is 2.36. The Labute approximate surface area is 70.4 Å². The topological polar surface area (TPSA) is 75.6 Å². The van der Waals surface area contributed by atoms with E-state index in [0.29, 0.717) is 0 Å². The molecule has 1 atom stereocenters. The van der Waals surface area contributed by atoms with Crippen molar-refractivity contribution < 1.29 is 39.7 Å². The third-order valence-corrected chi connectivity index (χ3v) is 0.971. The van der Waals surface area contributed by atoms with E-state index in [1.807, 2.05) is 0 Å². The second-order valence-corrected chi connectivity index (χ2v) is 1.63. The standard InChI is InChI=1S/C4H5NO4.Li.H/c6-3(7)2-1-9-4(8)5-2;;/h2H,1H2,(H,5,8)(H,6,7);;/q;+1;-1. The fourth-order valence-corrected chi connectivity index (χ4v) is 0.518. The number of carboxylic acids is 1. The van der Waals surface area contributed by atoms with Gasteiger partial charge in [0.05, 0.1) is 0 Å². The average molecular weight is 139 g/mol. The van der Waals surface area contributed by atoms with Gasteiger partial charge in [-0.15, -0.1) is 0 Å². The van der Waals surface area contributed by atoms with Gasteiger partial charge in [0.25, 0.3) is 0 Å². The Morgan fingerprint density at radius 1 is 1.90 bits per heavy atom. The minimum absolute atomic E-state index is 0. The van der Waals surface area contributed by atoms with Gasteiger partial charge in [-0.25, -0.2) is 9.59 Å².